The molecule has 1 aliphatic heterocycles. The number of furan rings is 1. The quantitative estimate of drug-likeness (QED) is 0.756. The van der Waals surface area contributed by atoms with Crippen LogP contribution in [0.2, 0.25) is 0 Å². The second kappa shape index (κ2) is 5.93. The lowest BCUT2D eigenvalue weighted by molar-refractivity contribution is 0.0951. The van der Waals surface area contributed by atoms with Gasteiger partial charge in [0.1, 0.15) is 12.4 Å². The van der Waals surface area contributed by atoms with Crippen molar-refractivity contribution >= 4 is 0 Å². The molecule has 3 nitrogen and oxygen atoms in total. The average Bonchev–Trinajstić information content (AvgIpc) is 2.79. The van der Waals surface area contributed by atoms with E-state index in [4.69, 9.17) is 9.15 Å². The van der Waals surface area contributed by atoms with Crippen molar-refractivity contribution in [2.24, 2.45) is 0 Å². The van der Waals surface area contributed by atoms with Gasteiger partial charge >= 0.3 is 0 Å². The molecule has 1 aromatic rings. The summed E-state index contributed by atoms with van der Waals surface area (Å²) in [5.74, 6) is 0.909. The zero-order valence-electron chi connectivity index (χ0n) is 9.08. The molecule has 1 aliphatic rings. The van der Waals surface area contributed by atoms with Gasteiger partial charge in [-0.1, -0.05) is 6.42 Å². The van der Waals surface area contributed by atoms with Crippen molar-refractivity contribution in [1.82, 2.24) is 5.32 Å². The summed E-state index contributed by atoms with van der Waals surface area (Å²) in [7, 11) is 0. The first-order valence-electron chi connectivity index (χ1n) is 5.78. The molecule has 84 valence electrons. The molecule has 2 heterocycles. The first-order chi connectivity index (χ1) is 7.45. The van der Waals surface area contributed by atoms with Crippen molar-refractivity contribution in [2.75, 3.05) is 13.2 Å². The Morgan fingerprint density at radius 3 is 3.20 bits per heavy atom. The number of hydrogen-bond acceptors (Lipinski definition) is 3. The lowest BCUT2D eigenvalue weighted by Crippen LogP contribution is -2.34. The highest BCUT2D eigenvalue weighted by atomic mass is 16.5. The maximum atomic E-state index is 5.55. The maximum Gasteiger partial charge on any atom is 0.129 e. The highest BCUT2D eigenvalue weighted by molar-refractivity contribution is 4.95. The summed E-state index contributed by atoms with van der Waals surface area (Å²) in [6, 6.07) is 4.50. The SMILES string of the molecule is c1coc(COCCC2CCCCN2)c1. The molecule has 1 saturated heterocycles. The molecule has 0 radical (unpaired) electrons. The van der Waals surface area contributed by atoms with Crippen LogP contribution in [0.25, 0.3) is 0 Å². The van der Waals surface area contributed by atoms with Gasteiger partial charge in [0.05, 0.1) is 6.26 Å². The standard InChI is InChI=1S/C12H19NO2/c1-2-7-13-11(4-1)6-9-14-10-12-5-3-8-15-12/h3,5,8,11,13H,1-2,4,6-7,9-10H2. The van der Waals surface area contributed by atoms with Crippen LogP contribution in [-0.2, 0) is 11.3 Å². The predicted octanol–water partition coefficient (Wildman–Crippen LogP) is 2.33. The third-order valence-electron chi connectivity index (χ3n) is 2.85. The summed E-state index contributed by atoms with van der Waals surface area (Å²) in [4.78, 5) is 0. The molecule has 1 unspecified atom stereocenters. The van der Waals surface area contributed by atoms with E-state index in [-0.39, 0.29) is 0 Å². The van der Waals surface area contributed by atoms with E-state index in [0.717, 1.165) is 18.8 Å². The normalized spacial score (nSPS) is 21.7. The van der Waals surface area contributed by atoms with E-state index in [0.29, 0.717) is 12.6 Å². The molecule has 0 amide bonds. The molecule has 0 bridgehead atoms. The van der Waals surface area contributed by atoms with Gasteiger partial charge < -0.3 is 14.5 Å². The van der Waals surface area contributed by atoms with Crippen LogP contribution in [0.5, 0.6) is 0 Å². The molecular formula is C12H19NO2. The Kier molecular flexibility index (Phi) is 4.23. The molecule has 1 aromatic heterocycles. The number of nitrogens with one attached hydrogen (secondary N) is 1. The summed E-state index contributed by atoms with van der Waals surface area (Å²) in [6.45, 7) is 2.58. The van der Waals surface area contributed by atoms with E-state index in [1.54, 1.807) is 6.26 Å². The van der Waals surface area contributed by atoms with E-state index >= 15 is 0 Å². The first kappa shape index (κ1) is 10.7. The van der Waals surface area contributed by atoms with E-state index in [2.05, 4.69) is 5.32 Å². The molecule has 3 heteroatoms. The van der Waals surface area contributed by atoms with Crippen LogP contribution in [0.15, 0.2) is 22.8 Å². The number of rotatable bonds is 5. The van der Waals surface area contributed by atoms with E-state index in [9.17, 15) is 0 Å². The maximum absolute atomic E-state index is 5.55. The zero-order chi connectivity index (χ0) is 10.3. The lowest BCUT2D eigenvalue weighted by Gasteiger charge is -2.23. The summed E-state index contributed by atoms with van der Waals surface area (Å²) in [5.41, 5.74) is 0. The van der Waals surface area contributed by atoms with Gasteiger partial charge in [-0.05, 0) is 37.9 Å². The predicted molar refractivity (Wildman–Crippen MR) is 58.6 cm³/mol. The molecule has 2 rings (SSSR count). The third-order valence-corrected chi connectivity index (χ3v) is 2.85. The Labute approximate surface area is 90.8 Å². The zero-order valence-corrected chi connectivity index (χ0v) is 9.08. The van der Waals surface area contributed by atoms with Gasteiger partial charge in [0.25, 0.3) is 0 Å². The molecule has 0 aliphatic carbocycles. The molecule has 0 saturated carbocycles. The Balaban J connectivity index is 1.54. The molecule has 0 aromatic carbocycles. The molecule has 15 heavy (non-hydrogen) atoms. The van der Waals surface area contributed by atoms with Gasteiger partial charge in [-0.15, -0.1) is 0 Å². The van der Waals surface area contributed by atoms with Crippen molar-refractivity contribution in [3.05, 3.63) is 24.2 Å². The van der Waals surface area contributed by atoms with E-state index < -0.39 is 0 Å². The van der Waals surface area contributed by atoms with E-state index in [1.807, 2.05) is 12.1 Å². The minimum absolute atomic E-state index is 0.597. The topological polar surface area (TPSA) is 34.4 Å². The number of piperidine rings is 1. The summed E-state index contributed by atoms with van der Waals surface area (Å²) < 4.78 is 10.7. The minimum atomic E-state index is 0.597. The van der Waals surface area contributed by atoms with Crippen LogP contribution in [0.4, 0.5) is 0 Å². The molecule has 1 fully saturated rings. The fourth-order valence-corrected chi connectivity index (χ4v) is 1.96. The average molecular weight is 209 g/mol. The Morgan fingerprint density at radius 1 is 1.47 bits per heavy atom. The lowest BCUT2D eigenvalue weighted by atomic mass is 10.0. The van der Waals surface area contributed by atoms with Crippen LogP contribution in [0, 0.1) is 0 Å². The second-order valence-electron chi connectivity index (χ2n) is 4.07. The number of hydrogen-bond donors (Lipinski definition) is 1. The van der Waals surface area contributed by atoms with Gasteiger partial charge in [-0.25, -0.2) is 0 Å². The van der Waals surface area contributed by atoms with Crippen LogP contribution in [0.3, 0.4) is 0 Å². The van der Waals surface area contributed by atoms with Crippen molar-refractivity contribution in [3.8, 4) is 0 Å². The smallest absolute Gasteiger partial charge is 0.129 e. The fourth-order valence-electron chi connectivity index (χ4n) is 1.96. The second-order valence-corrected chi connectivity index (χ2v) is 4.07. The number of ether oxygens (including phenoxy) is 1. The molecular weight excluding hydrogens is 190 g/mol. The third kappa shape index (κ3) is 3.68. The first-order valence-corrected chi connectivity index (χ1v) is 5.78. The monoisotopic (exact) mass is 209 g/mol. The molecule has 0 spiro atoms. The van der Waals surface area contributed by atoms with Crippen molar-refractivity contribution in [1.29, 1.82) is 0 Å². The largest absolute Gasteiger partial charge is 0.467 e. The van der Waals surface area contributed by atoms with E-state index in [1.165, 1.54) is 25.8 Å². The summed E-state index contributed by atoms with van der Waals surface area (Å²) in [5, 5.41) is 3.51. The van der Waals surface area contributed by atoms with Gasteiger partial charge in [-0.2, -0.15) is 0 Å². The molecule has 1 atom stereocenters. The molecule has 1 N–H and O–H groups in total. The van der Waals surface area contributed by atoms with Crippen molar-refractivity contribution in [3.63, 3.8) is 0 Å². The highest BCUT2D eigenvalue weighted by Gasteiger charge is 2.11. The Hall–Kier alpha value is -0.800. The van der Waals surface area contributed by atoms with Crippen molar-refractivity contribution in [2.45, 2.75) is 38.3 Å². The van der Waals surface area contributed by atoms with Crippen LogP contribution in [0.1, 0.15) is 31.4 Å². The van der Waals surface area contributed by atoms with Crippen LogP contribution in [-0.4, -0.2) is 19.2 Å². The van der Waals surface area contributed by atoms with Gasteiger partial charge in [0.15, 0.2) is 0 Å². The van der Waals surface area contributed by atoms with Gasteiger partial charge in [-0.3, -0.25) is 0 Å². The van der Waals surface area contributed by atoms with Crippen LogP contribution < -0.4 is 5.32 Å². The highest BCUT2D eigenvalue weighted by Crippen LogP contribution is 2.10. The summed E-state index contributed by atoms with van der Waals surface area (Å²) >= 11 is 0. The minimum Gasteiger partial charge on any atom is -0.467 e. The van der Waals surface area contributed by atoms with Crippen molar-refractivity contribution < 1.29 is 9.15 Å². The van der Waals surface area contributed by atoms with Gasteiger partial charge in [0, 0.05) is 12.6 Å². The fraction of sp³-hybridized carbons (Fsp3) is 0.667. The Morgan fingerprint density at radius 2 is 2.47 bits per heavy atom. The van der Waals surface area contributed by atoms with Gasteiger partial charge in [0.2, 0.25) is 0 Å². The summed E-state index contributed by atoms with van der Waals surface area (Å²) in [6.07, 6.45) is 6.77. The Bertz CT molecular complexity index is 253. The van der Waals surface area contributed by atoms with Crippen LogP contribution >= 0.6 is 0 Å².